The number of amides is 1. The first-order valence-corrected chi connectivity index (χ1v) is 11.4. The second-order valence-electron chi connectivity index (χ2n) is 7.95. The number of benzene rings is 2. The Balaban J connectivity index is 1.58. The zero-order valence-corrected chi connectivity index (χ0v) is 18.4. The van der Waals surface area contributed by atoms with Gasteiger partial charge in [-0.05, 0) is 68.1 Å². The van der Waals surface area contributed by atoms with Crippen LogP contribution in [0.15, 0.2) is 41.3 Å². The molecule has 0 radical (unpaired) electrons. The highest BCUT2D eigenvalue weighted by atomic mass is 32.2. The monoisotopic (exact) mass is 416 g/mol. The Morgan fingerprint density at radius 1 is 0.966 bits per heavy atom. The molecule has 0 aromatic heterocycles. The minimum Gasteiger partial charge on any atom is -0.325 e. The Labute approximate surface area is 173 Å². The lowest BCUT2D eigenvalue weighted by molar-refractivity contribution is -0.895. The van der Waals surface area contributed by atoms with Crippen molar-refractivity contribution in [1.29, 1.82) is 0 Å². The van der Waals surface area contributed by atoms with Gasteiger partial charge in [0, 0.05) is 5.69 Å². The smallest absolute Gasteiger partial charge is 0.279 e. The van der Waals surface area contributed by atoms with Crippen LogP contribution in [0.1, 0.15) is 22.3 Å². The maximum absolute atomic E-state index is 13.0. The van der Waals surface area contributed by atoms with Gasteiger partial charge < -0.3 is 10.2 Å². The van der Waals surface area contributed by atoms with E-state index in [-0.39, 0.29) is 5.91 Å². The Bertz CT molecular complexity index is 1010. The van der Waals surface area contributed by atoms with E-state index in [2.05, 4.69) is 5.32 Å². The number of hydrogen-bond acceptors (Lipinski definition) is 3. The van der Waals surface area contributed by atoms with Crippen molar-refractivity contribution in [2.75, 3.05) is 38.0 Å². The normalized spacial score (nSPS) is 16.0. The molecule has 0 atom stereocenters. The van der Waals surface area contributed by atoms with Crippen molar-refractivity contribution >= 4 is 21.6 Å². The summed E-state index contributed by atoms with van der Waals surface area (Å²) >= 11 is 0. The number of aryl methyl sites for hydroxylation is 4. The Kier molecular flexibility index (Phi) is 6.41. The fourth-order valence-electron chi connectivity index (χ4n) is 3.60. The molecule has 2 N–H and O–H groups in total. The van der Waals surface area contributed by atoms with E-state index in [1.807, 2.05) is 58.0 Å². The van der Waals surface area contributed by atoms with Gasteiger partial charge in [-0.1, -0.05) is 18.2 Å². The number of anilines is 1. The Hall–Kier alpha value is -2.22. The number of quaternary nitrogens is 1. The lowest BCUT2D eigenvalue weighted by Crippen LogP contribution is -3.15. The predicted molar refractivity (Wildman–Crippen MR) is 115 cm³/mol. The first-order chi connectivity index (χ1) is 13.7. The summed E-state index contributed by atoms with van der Waals surface area (Å²) in [6, 6.07) is 11.4. The van der Waals surface area contributed by atoms with Crippen LogP contribution in [0, 0.1) is 27.7 Å². The van der Waals surface area contributed by atoms with Gasteiger partial charge in [-0.2, -0.15) is 4.31 Å². The number of carbonyl (C=O) groups is 1. The van der Waals surface area contributed by atoms with Gasteiger partial charge >= 0.3 is 0 Å². The molecule has 7 heteroatoms. The van der Waals surface area contributed by atoms with Crippen LogP contribution in [0.5, 0.6) is 0 Å². The van der Waals surface area contributed by atoms with Gasteiger partial charge in [0.1, 0.15) is 0 Å². The molecule has 1 heterocycles. The van der Waals surface area contributed by atoms with Crippen LogP contribution in [0.4, 0.5) is 5.69 Å². The van der Waals surface area contributed by atoms with Crippen molar-refractivity contribution in [1.82, 2.24) is 4.31 Å². The predicted octanol–water partition coefficient (Wildman–Crippen LogP) is 1.45. The largest absolute Gasteiger partial charge is 0.325 e. The van der Waals surface area contributed by atoms with E-state index >= 15 is 0 Å². The molecular formula is C22H30N3O3S+. The summed E-state index contributed by atoms with van der Waals surface area (Å²) in [6.07, 6.45) is 0. The molecule has 6 nitrogen and oxygen atoms in total. The number of hydrogen-bond donors (Lipinski definition) is 2. The molecule has 1 fully saturated rings. The molecule has 29 heavy (non-hydrogen) atoms. The molecular weight excluding hydrogens is 386 g/mol. The number of piperazine rings is 1. The fourth-order valence-corrected chi connectivity index (χ4v) is 5.35. The molecule has 1 aliphatic rings. The number of sulfonamides is 1. The van der Waals surface area contributed by atoms with E-state index < -0.39 is 10.0 Å². The third-order valence-corrected chi connectivity index (χ3v) is 7.63. The van der Waals surface area contributed by atoms with Gasteiger partial charge in [0.15, 0.2) is 6.54 Å². The number of nitrogens with one attached hydrogen (secondary N) is 2. The van der Waals surface area contributed by atoms with E-state index in [9.17, 15) is 13.2 Å². The maximum atomic E-state index is 13.0. The third-order valence-electron chi connectivity index (χ3n) is 5.59. The average Bonchev–Trinajstić information content (AvgIpc) is 2.67. The van der Waals surface area contributed by atoms with Crippen LogP contribution in [0.3, 0.4) is 0 Å². The van der Waals surface area contributed by atoms with Gasteiger partial charge in [0.2, 0.25) is 10.0 Å². The molecule has 2 aromatic rings. The second-order valence-corrected chi connectivity index (χ2v) is 9.85. The molecule has 1 amide bonds. The van der Waals surface area contributed by atoms with Crippen LogP contribution in [0.25, 0.3) is 0 Å². The van der Waals surface area contributed by atoms with Gasteiger partial charge in [-0.15, -0.1) is 0 Å². The van der Waals surface area contributed by atoms with Gasteiger partial charge in [0.25, 0.3) is 5.91 Å². The van der Waals surface area contributed by atoms with Crippen LogP contribution >= 0.6 is 0 Å². The summed E-state index contributed by atoms with van der Waals surface area (Å²) in [7, 11) is -3.51. The van der Waals surface area contributed by atoms with E-state index in [0.717, 1.165) is 27.3 Å². The van der Waals surface area contributed by atoms with Crippen LogP contribution in [0.2, 0.25) is 0 Å². The maximum Gasteiger partial charge on any atom is 0.279 e. The van der Waals surface area contributed by atoms with Crippen molar-refractivity contribution in [3.63, 3.8) is 0 Å². The van der Waals surface area contributed by atoms with Crippen molar-refractivity contribution in [3.05, 3.63) is 58.7 Å². The highest BCUT2D eigenvalue weighted by Gasteiger charge is 2.32. The number of nitrogens with zero attached hydrogens (tertiary/aromatic N) is 1. The van der Waals surface area contributed by atoms with E-state index in [0.29, 0.717) is 37.6 Å². The van der Waals surface area contributed by atoms with Crippen molar-refractivity contribution < 1.29 is 18.1 Å². The second kappa shape index (κ2) is 8.65. The minimum atomic E-state index is -3.51. The molecule has 0 saturated carbocycles. The lowest BCUT2D eigenvalue weighted by atomic mass is 10.1. The highest BCUT2D eigenvalue weighted by molar-refractivity contribution is 7.89. The molecule has 0 unspecified atom stereocenters. The van der Waals surface area contributed by atoms with Gasteiger partial charge in [-0.3, -0.25) is 4.79 Å². The quantitative estimate of drug-likeness (QED) is 0.775. The molecule has 0 aliphatic carbocycles. The summed E-state index contributed by atoms with van der Waals surface area (Å²) in [5.74, 6) is -0.0471. The molecule has 0 bridgehead atoms. The van der Waals surface area contributed by atoms with Crippen LogP contribution in [-0.2, 0) is 14.8 Å². The first kappa shape index (κ1) is 21.5. The molecule has 1 aliphatic heterocycles. The molecule has 1 saturated heterocycles. The van der Waals surface area contributed by atoms with Crippen LogP contribution < -0.4 is 10.2 Å². The van der Waals surface area contributed by atoms with Crippen molar-refractivity contribution in [3.8, 4) is 0 Å². The minimum absolute atomic E-state index is 0.0471. The van der Waals surface area contributed by atoms with E-state index in [4.69, 9.17) is 0 Å². The molecule has 3 rings (SSSR count). The number of carbonyl (C=O) groups excluding carboxylic acids is 1. The standard InChI is InChI=1S/C22H29N3O3S/c1-16-5-6-18(3)21(13-16)29(27,28)25-11-9-24(10-12-25)15-22(26)23-20-8-7-17(2)19(4)14-20/h5-8,13-14H,9-12,15H2,1-4H3,(H,23,26)/p+1. The summed E-state index contributed by atoms with van der Waals surface area (Å²) in [6.45, 7) is 10.2. The van der Waals surface area contributed by atoms with E-state index in [1.54, 1.807) is 10.4 Å². The van der Waals surface area contributed by atoms with Crippen LogP contribution in [-0.4, -0.2) is 51.4 Å². The van der Waals surface area contributed by atoms with Gasteiger partial charge in [-0.25, -0.2) is 8.42 Å². The number of rotatable bonds is 5. The topological polar surface area (TPSA) is 70.9 Å². The average molecular weight is 417 g/mol. The van der Waals surface area contributed by atoms with Gasteiger partial charge in [0.05, 0.1) is 31.1 Å². The molecule has 156 valence electrons. The molecule has 0 spiro atoms. The Morgan fingerprint density at radius 2 is 1.62 bits per heavy atom. The summed E-state index contributed by atoms with van der Waals surface area (Å²) in [4.78, 5) is 13.9. The summed E-state index contributed by atoms with van der Waals surface area (Å²) in [5, 5.41) is 2.95. The zero-order chi connectivity index (χ0) is 21.2. The van der Waals surface area contributed by atoms with Crippen molar-refractivity contribution in [2.45, 2.75) is 32.6 Å². The SMILES string of the molecule is Cc1ccc(C)c(S(=O)(=O)N2CC[NH+](CC(=O)Nc3ccc(C)c(C)c3)CC2)c1. The molecule has 2 aromatic carbocycles. The zero-order valence-electron chi connectivity index (χ0n) is 17.6. The Morgan fingerprint density at radius 3 is 2.28 bits per heavy atom. The third kappa shape index (κ3) is 5.04. The van der Waals surface area contributed by atoms with Crippen molar-refractivity contribution in [2.24, 2.45) is 0 Å². The summed E-state index contributed by atoms with van der Waals surface area (Å²) in [5.41, 5.74) is 4.82. The first-order valence-electron chi connectivity index (χ1n) is 9.95. The summed E-state index contributed by atoms with van der Waals surface area (Å²) < 4.78 is 27.6. The highest BCUT2D eigenvalue weighted by Crippen LogP contribution is 2.21. The lowest BCUT2D eigenvalue weighted by Gasteiger charge is -2.31. The fraction of sp³-hybridized carbons (Fsp3) is 0.409. The van der Waals surface area contributed by atoms with E-state index in [1.165, 1.54) is 5.56 Å².